The molecule has 5 nitrogen and oxygen atoms in total. The molecule has 33 heavy (non-hydrogen) atoms. The van der Waals surface area contributed by atoms with E-state index in [4.69, 9.17) is 23.7 Å². The van der Waals surface area contributed by atoms with Crippen LogP contribution < -0.4 is 0 Å². The highest BCUT2D eigenvalue weighted by Gasteiger charge is 2.37. The molecule has 0 saturated carbocycles. The summed E-state index contributed by atoms with van der Waals surface area (Å²) in [5, 5.41) is 0. The van der Waals surface area contributed by atoms with Crippen molar-refractivity contribution in [2.45, 2.75) is 38.3 Å². The van der Waals surface area contributed by atoms with Crippen molar-refractivity contribution >= 4 is 0 Å². The molecule has 1 aliphatic rings. The number of hydrogen-bond acceptors (Lipinski definition) is 5. The van der Waals surface area contributed by atoms with Crippen molar-refractivity contribution in [2.24, 2.45) is 0 Å². The van der Waals surface area contributed by atoms with Crippen LogP contribution in [0.2, 0.25) is 0 Å². The van der Waals surface area contributed by atoms with E-state index in [0.717, 1.165) is 16.7 Å². The largest absolute Gasteiger partial charge is 0.464 e. The maximum Gasteiger partial charge on any atom is 0.228 e. The summed E-state index contributed by atoms with van der Waals surface area (Å²) in [6, 6.07) is 30.2. The lowest BCUT2D eigenvalue weighted by Gasteiger charge is -2.36. The van der Waals surface area contributed by atoms with Crippen LogP contribution in [-0.4, -0.2) is 32.2 Å². The molecule has 1 heterocycles. The van der Waals surface area contributed by atoms with Crippen molar-refractivity contribution in [1.29, 1.82) is 0 Å². The van der Waals surface area contributed by atoms with Gasteiger partial charge in [0.05, 0.1) is 19.8 Å². The van der Waals surface area contributed by atoms with Gasteiger partial charge in [0.25, 0.3) is 0 Å². The Morgan fingerprint density at radius 3 is 1.70 bits per heavy atom. The second kappa shape index (κ2) is 12.3. The molecule has 5 heteroatoms. The summed E-state index contributed by atoms with van der Waals surface area (Å²) in [5.41, 5.74) is 3.28. The van der Waals surface area contributed by atoms with Gasteiger partial charge in [0.2, 0.25) is 6.29 Å². The number of methoxy groups -OCH3 is 1. The highest BCUT2D eigenvalue weighted by Crippen LogP contribution is 2.26. The Hall–Kier alpha value is -2.96. The van der Waals surface area contributed by atoms with Crippen LogP contribution in [0, 0.1) is 0 Å². The van der Waals surface area contributed by atoms with Gasteiger partial charge in [0, 0.05) is 7.11 Å². The summed E-state index contributed by atoms with van der Waals surface area (Å²) in [7, 11) is 1.62. The summed E-state index contributed by atoms with van der Waals surface area (Å²) < 4.78 is 30.1. The number of benzene rings is 3. The third kappa shape index (κ3) is 7.01. The van der Waals surface area contributed by atoms with Crippen LogP contribution in [-0.2, 0) is 43.5 Å². The first-order valence-corrected chi connectivity index (χ1v) is 11.1. The van der Waals surface area contributed by atoms with Crippen LogP contribution >= 0.6 is 0 Å². The van der Waals surface area contributed by atoms with Gasteiger partial charge in [-0.05, 0) is 22.8 Å². The SMILES string of the molecule is CO[C@@H]1OC(COCc2ccccc2)=C[C@H](OCc2ccccc2)[C@H]1OCc1ccccc1. The van der Waals surface area contributed by atoms with Crippen LogP contribution in [0.4, 0.5) is 0 Å². The quantitative estimate of drug-likeness (QED) is 0.402. The Bertz CT molecular complexity index is 975. The van der Waals surface area contributed by atoms with Crippen molar-refractivity contribution in [3.05, 3.63) is 120 Å². The highest BCUT2D eigenvalue weighted by atomic mass is 16.7. The molecule has 0 bridgehead atoms. The molecule has 0 fully saturated rings. The minimum atomic E-state index is -0.602. The zero-order valence-corrected chi connectivity index (χ0v) is 18.8. The molecular formula is C28H30O5. The second-order valence-electron chi connectivity index (χ2n) is 7.86. The molecule has 0 radical (unpaired) electrons. The standard InChI is InChI=1S/C28H30O5/c1-29-28-27(32-20-24-15-9-4-10-16-24)26(31-19-23-13-7-3-8-14-23)17-25(33-28)21-30-18-22-11-5-2-6-12-22/h2-17,26-28H,18-21H2,1H3/t26-,27+,28+/m0/s1. The molecule has 3 aromatic rings. The molecule has 0 amide bonds. The summed E-state index contributed by atoms with van der Waals surface area (Å²) >= 11 is 0. The van der Waals surface area contributed by atoms with Gasteiger partial charge in [-0.25, -0.2) is 0 Å². The first kappa shape index (κ1) is 23.2. The van der Waals surface area contributed by atoms with Crippen LogP contribution in [0.15, 0.2) is 103 Å². The van der Waals surface area contributed by atoms with Crippen LogP contribution in [0.3, 0.4) is 0 Å². The summed E-state index contributed by atoms with van der Waals surface area (Å²) in [6.07, 6.45) is 0.577. The summed E-state index contributed by atoms with van der Waals surface area (Å²) in [4.78, 5) is 0. The molecule has 0 N–H and O–H groups in total. The molecular weight excluding hydrogens is 416 g/mol. The topological polar surface area (TPSA) is 46.2 Å². The molecule has 3 atom stereocenters. The van der Waals surface area contributed by atoms with Gasteiger partial charge in [-0.15, -0.1) is 0 Å². The van der Waals surface area contributed by atoms with Crippen molar-refractivity contribution in [3.8, 4) is 0 Å². The van der Waals surface area contributed by atoms with Crippen molar-refractivity contribution in [3.63, 3.8) is 0 Å². The zero-order valence-electron chi connectivity index (χ0n) is 18.8. The first-order valence-electron chi connectivity index (χ1n) is 11.1. The van der Waals surface area contributed by atoms with E-state index in [9.17, 15) is 0 Å². The lowest BCUT2D eigenvalue weighted by Crippen LogP contribution is -2.46. The molecule has 0 saturated heterocycles. The van der Waals surface area contributed by atoms with Gasteiger partial charge in [-0.2, -0.15) is 0 Å². The van der Waals surface area contributed by atoms with Gasteiger partial charge in [0.1, 0.15) is 24.6 Å². The van der Waals surface area contributed by atoms with E-state index in [-0.39, 0.29) is 6.10 Å². The third-order valence-electron chi connectivity index (χ3n) is 5.37. The lowest BCUT2D eigenvalue weighted by molar-refractivity contribution is -0.223. The van der Waals surface area contributed by atoms with E-state index >= 15 is 0 Å². The van der Waals surface area contributed by atoms with Crippen molar-refractivity contribution in [1.82, 2.24) is 0 Å². The molecule has 3 aromatic carbocycles. The predicted octanol–water partition coefficient (Wildman–Crippen LogP) is 5.26. The Labute approximate surface area is 195 Å². The molecule has 4 rings (SSSR count). The van der Waals surface area contributed by atoms with Crippen LogP contribution in [0.5, 0.6) is 0 Å². The van der Waals surface area contributed by atoms with E-state index in [2.05, 4.69) is 0 Å². The van der Waals surface area contributed by atoms with E-state index in [0.29, 0.717) is 32.2 Å². The maximum atomic E-state index is 6.28. The molecule has 0 spiro atoms. The van der Waals surface area contributed by atoms with E-state index in [1.807, 2.05) is 97.1 Å². The molecule has 172 valence electrons. The monoisotopic (exact) mass is 446 g/mol. The minimum absolute atomic E-state index is 0.325. The fourth-order valence-corrected chi connectivity index (χ4v) is 3.65. The second-order valence-corrected chi connectivity index (χ2v) is 7.86. The van der Waals surface area contributed by atoms with E-state index in [1.54, 1.807) is 7.11 Å². The number of hydrogen-bond donors (Lipinski definition) is 0. The highest BCUT2D eigenvalue weighted by molar-refractivity contribution is 5.16. The Kier molecular flexibility index (Phi) is 8.67. The summed E-state index contributed by atoms with van der Waals surface area (Å²) in [5.74, 6) is 0.676. The number of rotatable bonds is 11. The van der Waals surface area contributed by atoms with Gasteiger partial charge < -0.3 is 23.7 Å². The molecule has 0 aromatic heterocycles. The normalized spacial score (nSPS) is 20.2. The first-order chi connectivity index (χ1) is 16.3. The van der Waals surface area contributed by atoms with Gasteiger partial charge in [-0.1, -0.05) is 91.0 Å². The van der Waals surface area contributed by atoms with Crippen molar-refractivity contribution < 1.29 is 23.7 Å². The van der Waals surface area contributed by atoms with Gasteiger partial charge in [-0.3, -0.25) is 0 Å². The third-order valence-corrected chi connectivity index (χ3v) is 5.37. The van der Waals surface area contributed by atoms with Crippen molar-refractivity contribution in [2.75, 3.05) is 13.7 Å². The molecule has 1 aliphatic heterocycles. The van der Waals surface area contributed by atoms with Crippen LogP contribution in [0.25, 0.3) is 0 Å². The van der Waals surface area contributed by atoms with E-state index < -0.39 is 12.4 Å². The van der Waals surface area contributed by atoms with E-state index in [1.165, 1.54) is 0 Å². The Balaban J connectivity index is 1.44. The fourth-order valence-electron chi connectivity index (χ4n) is 3.65. The van der Waals surface area contributed by atoms with Gasteiger partial charge in [0.15, 0.2) is 0 Å². The van der Waals surface area contributed by atoms with Crippen LogP contribution in [0.1, 0.15) is 16.7 Å². The smallest absolute Gasteiger partial charge is 0.228 e. The average Bonchev–Trinajstić information content (AvgIpc) is 2.88. The Morgan fingerprint density at radius 1 is 0.636 bits per heavy atom. The Morgan fingerprint density at radius 2 is 1.15 bits per heavy atom. The molecule has 0 unspecified atom stereocenters. The predicted molar refractivity (Wildman–Crippen MR) is 126 cm³/mol. The molecule has 0 aliphatic carbocycles. The van der Waals surface area contributed by atoms with Gasteiger partial charge >= 0.3 is 0 Å². The zero-order chi connectivity index (χ0) is 22.7. The maximum absolute atomic E-state index is 6.28. The number of ether oxygens (including phenoxy) is 5. The average molecular weight is 447 g/mol. The lowest BCUT2D eigenvalue weighted by atomic mass is 10.1. The fraction of sp³-hybridized carbons (Fsp3) is 0.286. The summed E-state index contributed by atoms with van der Waals surface area (Å²) in [6.45, 7) is 1.73. The minimum Gasteiger partial charge on any atom is -0.464 e.